The Morgan fingerprint density at radius 3 is 1.57 bits per heavy atom. The molecule has 0 spiro atoms. The molecule has 0 fully saturated rings. The normalized spacial score (nSPS) is 11.6. The second-order valence-corrected chi connectivity index (χ2v) is 14.9. The molecule has 0 radical (unpaired) electrons. The summed E-state index contributed by atoms with van der Waals surface area (Å²) in [7, 11) is -7.98. The number of urea groups is 1. The maximum absolute atomic E-state index is 13.1. The topological polar surface area (TPSA) is 171 Å². The van der Waals surface area contributed by atoms with E-state index in [0.29, 0.717) is 33.2 Å². The van der Waals surface area contributed by atoms with Gasteiger partial charge in [0.2, 0.25) is 0 Å². The molecule has 0 aliphatic heterocycles. The number of anilines is 4. The van der Waals surface area contributed by atoms with Gasteiger partial charge in [0.1, 0.15) is 0 Å². The molecule has 11 nitrogen and oxygen atoms in total. The number of aromatic carboxylic acids is 1. The molecule has 0 aliphatic carbocycles. The van der Waals surface area contributed by atoms with Gasteiger partial charge in [-0.15, -0.1) is 0 Å². The molecule has 49 heavy (non-hydrogen) atoms. The fourth-order valence-corrected chi connectivity index (χ4v) is 7.49. The number of carboxylic acids is 1. The van der Waals surface area contributed by atoms with Crippen molar-refractivity contribution in [3.05, 3.63) is 131 Å². The SMILES string of the molecule is Cc1cccc(NS(=O)(=O)c2ccc3ccc(NC(=O)Nc4ccc5ccc(S(=O)(=O)Nc6ccc(Cl)c(C(=O)O)c6)cc5c4)cc3c2)c1. The van der Waals surface area contributed by atoms with Crippen molar-refractivity contribution < 1.29 is 31.5 Å². The summed E-state index contributed by atoms with van der Waals surface area (Å²) in [6.45, 7) is 1.87. The first kappa shape index (κ1) is 33.3. The van der Waals surface area contributed by atoms with E-state index in [9.17, 15) is 31.5 Å². The molecule has 0 saturated carbocycles. The van der Waals surface area contributed by atoms with Crippen LogP contribution in [0.5, 0.6) is 0 Å². The number of hydrogen-bond donors (Lipinski definition) is 5. The number of sulfonamides is 2. The van der Waals surface area contributed by atoms with Crippen LogP contribution in [0.4, 0.5) is 27.5 Å². The van der Waals surface area contributed by atoms with Crippen LogP contribution in [-0.2, 0) is 20.0 Å². The first-order valence-corrected chi connectivity index (χ1v) is 17.9. The summed E-state index contributed by atoms with van der Waals surface area (Å²) in [6.07, 6.45) is 0. The minimum Gasteiger partial charge on any atom is -0.478 e. The Hall–Kier alpha value is -5.63. The molecule has 2 amide bonds. The highest BCUT2D eigenvalue weighted by Crippen LogP contribution is 2.28. The lowest BCUT2D eigenvalue weighted by molar-refractivity contribution is 0.0697. The lowest BCUT2D eigenvalue weighted by Crippen LogP contribution is -2.19. The number of nitrogens with one attached hydrogen (secondary N) is 4. The highest BCUT2D eigenvalue weighted by atomic mass is 35.5. The van der Waals surface area contributed by atoms with Gasteiger partial charge in [-0.25, -0.2) is 26.4 Å². The minimum absolute atomic E-state index is 0.0273. The van der Waals surface area contributed by atoms with Crippen molar-refractivity contribution in [1.82, 2.24) is 0 Å². The molecule has 248 valence electrons. The Morgan fingerprint density at radius 1 is 0.571 bits per heavy atom. The number of benzene rings is 6. The monoisotopic (exact) mass is 714 g/mol. The van der Waals surface area contributed by atoms with E-state index in [1.165, 1.54) is 36.4 Å². The summed E-state index contributed by atoms with van der Waals surface area (Å²) in [6, 6.07) is 29.5. The predicted octanol–water partition coefficient (Wildman–Crippen LogP) is 7.90. The van der Waals surface area contributed by atoms with Crippen LogP contribution in [0.2, 0.25) is 5.02 Å². The highest BCUT2D eigenvalue weighted by Gasteiger charge is 2.18. The van der Waals surface area contributed by atoms with Crippen LogP contribution in [0.1, 0.15) is 15.9 Å². The van der Waals surface area contributed by atoms with Crippen LogP contribution in [0.15, 0.2) is 125 Å². The smallest absolute Gasteiger partial charge is 0.337 e. The molecule has 14 heteroatoms. The van der Waals surface area contributed by atoms with Gasteiger partial charge in [-0.1, -0.05) is 48.0 Å². The van der Waals surface area contributed by atoms with E-state index < -0.39 is 32.0 Å². The van der Waals surface area contributed by atoms with E-state index in [1.807, 2.05) is 13.0 Å². The van der Waals surface area contributed by atoms with Crippen molar-refractivity contribution in [3.8, 4) is 0 Å². The van der Waals surface area contributed by atoms with Crippen LogP contribution < -0.4 is 20.1 Å². The molecular formula is C35H27ClN4O7S2. The maximum atomic E-state index is 13.1. The van der Waals surface area contributed by atoms with Gasteiger partial charge in [-0.3, -0.25) is 9.44 Å². The Bertz CT molecular complexity index is 2520. The van der Waals surface area contributed by atoms with Gasteiger partial charge in [0, 0.05) is 22.7 Å². The number of carboxylic acid groups (broad SMARTS) is 1. The fraction of sp³-hybridized carbons (Fsp3) is 0.0286. The number of aryl methyl sites for hydroxylation is 1. The Balaban J connectivity index is 1.17. The molecule has 5 N–H and O–H groups in total. The van der Waals surface area contributed by atoms with Gasteiger partial charge in [-0.05, 0) is 113 Å². The van der Waals surface area contributed by atoms with Crippen LogP contribution in [-0.4, -0.2) is 33.9 Å². The van der Waals surface area contributed by atoms with E-state index in [0.717, 1.165) is 17.0 Å². The molecular weight excluding hydrogens is 688 g/mol. The van der Waals surface area contributed by atoms with E-state index in [-0.39, 0.29) is 26.1 Å². The van der Waals surface area contributed by atoms with E-state index in [2.05, 4.69) is 20.1 Å². The molecule has 0 aromatic heterocycles. The van der Waals surface area contributed by atoms with Crippen molar-refractivity contribution in [2.75, 3.05) is 20.1 Å². The first-order chi connectivity index (χ1) is 23.3. The maximum Gasteiger partial charge on any atom is 0.337 e. The summed E-state index contributed by atoms with van der Waals surface area (Å²) in [5, 5.41) is 17.3. The Labute approximate surface area is 286 Å². The Kier molecular flexibility index (Phi) is 8.90. The second-order valence-electron chi connectivity index (χ2n) is 11.1. The molecule has 0 bridgehead atoms. The lowest BCUT2D eigenvalue weighted by atomic mass is 10.1. The van der Waals surface area contributed by atoms with E-state index >= 15 is 0 Å². The Morgan fingerprint density at radius 2 is 1.06 bits per heavy atom. The number of hydrogen-bond acceptors (Lipinski definition) is 6. The molecule has 6 rings (SSSR count). The minimum atomic E-state index is -4.11. The van der Waals surface area contributed by atoms with Crippen LogP contribution in [0.3, 0.4) is 0 Å². The highest BCUT2D eigenvalue weighted by molar-refractivity contribution is 7.93. The van der Waals surface area contributed by atoms with Gasteiger partial charge in [0.25, 0.3) is 20.0 Å². The number of fused-ring (bicyclic) bond motifs is 2. The van der Waals surface area contributed by atoms with Gasteiger partial charge < -0.3 is 15.7 Å². The van der Waals surface area contributed by atoms with Crippen LogP contribution in [0, 0.1) is 6.92 Å². The third-order valence-corrected chi connectivity index (χ3v) is 10.6. The zero-order valence-corrected chi connectivity index (χ0v) is 27.9. The number of amides is 2. The van der Waals surface area contributed by atoms with Crippen molar-refractivity contribution in [3.63, 3.8) is 0 Å². The van der Waals surface area contributed by atoms with Gasteiger partial charge in [0.15, 0.2) is 0 Å². The summed E-state index contributed by atoms with van der Waals surface area (Å²) in [4.78, 5) is 24.3. The quantitative estimate of drug-likeness (QED) is 0.101. The summed E-state index contributed by atoms with van der Waals surface area (Å²) < 4.78 is 57.4. The zero-order valence-electron chi connectivity index (χ0n) is 25.6. The standard InChI is InChI=1S/C35H27ClN4O7S2/c1-21-3-2-4-28(15-21)39-48(44,45)30-12-7-22-5-9-26(16-24(22)18-30)37-35(43)38-27-10-6-23-8-13-31(19-25(23)17-27)49(46,47)40-29-11-14-33(36)32(20-29)34(41)42/h2-20,39-40H,1H3,(H,41,42)(H2,37,38,43). The summed E-state index contributed by atoms with van der Waals surface area (Å²) in [5.74, 6) is -1.30. The van der Waals surface area contributed by atoms with Crippen molar-refractivity contribution in [2.45, 2.75) is 16.7 Å². The third kappa shape index (κ3) is 7.59. The number of carbonyl (C=O) groups excluding carboxylic acids is 1. The molecule has 0 atom stereocenters. The van der Waals surface area contributed by atoms with Gasteiger partial charge >= 0.3 is 12.0 Å². The molecule has 0 saturated heterocycles. The van der Waals surface area contributed by atoms with Crippen molar-refractivity contribution in [1.29, 1.82) is 0 Å². The van der Waals surface area contributed by atoms with Gasteiger partial charge in [0.05, 0.1) is 20.4 Å². The summed E-state index contributed by atoms with van der Waals surface area (Å²) >= 11 is 5.90. The van der Waals surface area contributed by atoms with Crippen LogP contribution in [0.25, 0.3) is 21.5 Å². The molecule has 6 aromatic rings. The average Bonchev–Trinajstić information content (AvgIpc) is 3.04. The van der Waals surface area contributed by atoms with Crippen LogP contribution >= 0.6 is 11.6 Å². The van der Waals surface area contributed by atoms with E-state index in [1.54, 1.807) is 66.7 Å². The molecule has 0 aliphatic rings. The number of rotatable bonds is 9. The predicted molar refractivity (Wildman–Crippen MR) is 192 cm³/mol. The second kappa shape index (κ2) is 13.1. The summed E-state index contributed by atoms with van der Waals surface area (Å²) in [5.41, 5.74) is 1.94. The largest absolute Gasteiger partial charge is 0.478 e. The molecule has 0 unspecified atom stereocenters. The zero-order chi connectivity index (χ0) is 34.9. The first-order valence-electron chi connectivity index (χ1n) is 14.6. The number of carbonyl (C=O) groups is 2. The fourth-order valence-electron chi connectivity index (χ4n) is 5.12. The molecule has 6 aromatic carbocycles. The molecule has 0 heterocycles. The van der Waals surface area contributed by atoms with Gasteiger partial charge in [-0.2, -0.15) is 0 Å². The lowest BCUT2D eigenvalue weighted by Gasteiger charge is -2.12. The number of halogens is 1. The van der Waals surface area contributed by atoms with Crippen molar-refractivity contribution in [2.24, 2.45) is 0 Å². The van der Waals surface area contributed by atoms with E-state index in [4.69, 9.17) is 11.6 Å². The van der Waals surface area contributed by atoms with Crippen molar-refractivity contribution >= 4 is 87.9 Å². The average molecular weight is 715 g/mol. The third-order valence-electron chi connectivity index (χ3n) is 7.48.